The molecule has 0 saturated carbocycles. The molecule has 2 heterocycles. The molecule has 1 unspecified atom stereocenters. The largest absolute Gasteiger partial charge is 0.352 e. The zero-order valence-corrected chi connectivity index (χ0v) is 14.4. The molecule has 1 aliphatic rings. The van der Waals surface area contributed by atoms with Gasteiger partial charge in [0.1, 0.15) is 11.7 Å². The Bertz CT molecular complexity index is 694. The minimum atomic E-state index is -1.40. The van der Waals surface area contributed by atoms with Crippen LogP contribution in [0.1, 0.15) is 17.4 Å². The molecule has 0 aliphatic carbocycles. The molecule has 10 heteroatoms. The Balaban J connectivity index is 2.13. The minimum Gasteiger partial charge on any atom is -0.352 e. The van der Waals surface area contributed by atoms with E-state index >= 15 is 0 Å². The van der Waals surface area contributed by atoms with E-state index in [1.54, 1.807) is 6.92 Å². The van der Waals surface area contributed by atoms with E-state index in [1.165, 1.54) is 30.7 Å². The van der Waals surface area contributed by atoms with Crippen LogP contribution in [-0.2, 0) is 20.4 Å². The first-order valence-corrected chi connectivity index (χ1v) is 9.13. The van der Waals surface area contributed by atoms with Crippen LogP contribution < -0.4 is 16.0 Å². The lowest BCUT2D eigenvalue weighted by Gasteiger charge is -2.20. The molecule has 3 atom stereocenters. The standard InChI is InChI=1S/C15H19N5O4S/c1-10-2-3-13(21)18-6-7-25(24)9-12(15(23)19-10)20-14(22)11-8-16-4-5-17-11/h2-5,8,10,12H,6-7,9H2,1H3,(H,18,21)(H,19,23)(H,20,22)/b3-2+/t10-,12-,25?/m0/s1. The maximum Gasteiger partial charge on any atom is 0.272 e. The number of aromatic nitrogens is 2. The summed E-state index contributed by atoms with van der Waals surface area (Å²) in [5.74, 6) is -1.26. The van der Waals surface area contributed by atoms with Crippen molar-refractivity contribution >= 4 is 28.5 Å². The molecule has 3 amide bonds. The Morgan fingerprint density at radius 2 is 2.16 bits per heavy atom. The summed E-state index contributed by atoms with van der Waals surface area (Å²) in [5, 5.41) is 7.80. The number of amides is 3. The van der Waals surface area contributed by atoms with Crippen molar-refractivity contribution in [1.29, 1.82) is 0 Å². The van der Waals surface area contributed by atoms with Crippen molar-refractivity contribution in [1.82, 2.24) is 25.9 Å². The van der Waals surface area contributed by atoms with Crippen LogP contribution in [0.4, 0.5) is 0 Å². The van der Waals surface area contributed by atoms with Gasteiger partial charge in [-0.2, -0.15) is 0 Å². The maximum atomic E-state index is 12.4. The summed E-state index contributed by atoms with van der Waals surface area (Å²) in [4.78, 5) is 43.8. The predicted octanol–water partition coefficient (Wildman–Crippen LogP) is -1.49. The van der Waals surface area contributed by atoms with Crippen LogP contribution in [0, 0.1) is 0 Å². The number of nitrogens with one attached hydrogen (secondary N) is 3. The Hall–Kier alpha value is -2.62. The minimum absolute atomic E-state index is 0.0624. The Morgan fingerprint density at radius 1 is 1.36 bits per heavy atom. The van der Waals surface area contributed by atoms with Gasteiger partial charge in [-0.15, -0.1) is 0 Å². The zero-order chi connectivity index (χ0) is 18.2. The highest BCUT2D eigenvalue weighted by Crippen LogP contribution is 1.98. The Kier molecular flexibility index (Phi) is 6.75. The highest BCUT2D eigenvalue weighted by molar-refractivity contribution is 7.85. The molecule has 1 aromatic rings. The van der Waals surface area contributed by atoms with Gasteiger partial charge in [0.25, 0.3) is 5.91 Å². The van der Waals surface area contributed by atoms with Gasteiger partial charge in [0.15, 0.2) is 0 Å². The maximum absolute atomic E-state index is 12.4. The van der Waals surface area contributed by atoms with Crippen molar-refractivity contribution in [3.63, 3.8) is 0 Å². The van der Waals surface area contributed by atoms with Gasteiger partial charge in [-0.3, -0.25) is 23.6 Å². The third-order valence-electron chi connectivity index (χ3n) is 3.31. The van der Waals surface area contributed by atoms with Gasteiger partial charge < -0.3 is 16.0 Å². The van der Waals surface area contributed by atoms with E-state index in [2.05, 4.69) is 25.9 Å². The molecule has 134 valence electrons. The Labute approximate surface area is 147 Å². The van der Waals surface area contributed by atoms with Gasteiger partial charge in [0.05, 0.1) is 11.9 Å². The zero-order valence-electron chi connectivity index (χ0n) is 13.6. The Morgan fingerprint density at radius 3 is 2.88 bits per heavy atom. The van der Waals surface area contributed by atoms with Crippen molar-refractivity contribution < 1.29 is 18.6 Å². The quantitative estimate of drug-likeness (QED) is 0.586. The smallest absolute Gasteiger partial charge is 0.272 e. The van der Waals surface area contributed by atoms with E-state index in [9.17, 15) is 18.6 Å². The van der Waals surface area contributed by atoms with Crippen molar-refractivity contribution in [3.8, 4) is 0 Å². The molecule has 0 aromatic carbocycles. The summed E-state index contributed by atoms with van der Waals surface area (Å²) >= 11 is 0. The lowest BCUT2D eigenvalue weighted by molar-refractivity contribution is -0.123. The number of hydrogen-bond acceptors (Lipinski definition) is 6. The molecule has 25 heavy (non-hydrogen) atoms. The molecular formula is C15H19N5O4S. The SMILES string of the molecule is C[C@H]1/C=C/C(=O)NCCS(=O)C[C@H](NC(=O)c2cnccn2)C(=O)N1. The topological polar surface area (TPSA) is 130 Å². The predicted molar refractivity (Wildman–Crippen MR) is 90.9 cm³/mol. The first-order valence-electron chi connectivity index (χ1n) is 7.64. The fraction of sp³-hybridized carbons (Fsp3) is 0.400. The van der Waals surface area contributed by atoms with Crippen molar-refractivity contribution in [2.75, 3.05) is 18.1 Å². The van der Waals surface area contributed by atoms with Gasteiger partial charge in [0, 0.05) is 47.6 Å². The first-order chi connectivity index (χ1) is 12.0. The summed E-state index contributed by atoms with van der Waals surface area (Å²) in [7, 11) is -1.40. The molecule has 2 rings (SSSR count). The molecule has 0 radical (unpaired) electrons. The first kappa shape index (κ1) is 18.7. The summed E-state index contributed by atoms with van der Waals surface area (Å²) in [5.41, 5.74) is 0.0624. The molecular weight excluding hydrogens is 346 g/mol. The lowest BCUT2D eigenvalue weighted by Crippen LogP contribution is -2.52. The fourth-order valence-electron chi connectivity index (χ4n) is 2.05. The molecule has 9 nitrogen and oxygen atoms in total. The highest BCUT2D eigenvalue weighted by atomic mass is 32.2. The lowest BCUT2D eigenvalue weighted by atomic mass is 10.2. The van der Waals surface area contributed by atoms with Gasteiger partial charge in [-0.25, -0.2) is 4.98 Å². The number of rotatable bonds is 2. The molecule has 0 fully saturated rings. The van der Waals surface area contributed by atoms with Crippen LogP contribution in [0.2, 0.25) is 0 Å². The van der Waals surface area contributed by atoms with Crippen LogP contribution in [0.5, 0.6) is 0 Å². The number of hydrogen-bond donors (Lipinski definition) is 3. The second-order valence-electron chi connectivity index (χ2n) is 5.37. The van der Waals surface area contributed by atoms with Gasteiger partial charge in [-0.05, 0) is 6.92 Å². The highest BCUT2D eigenvalue weighted by Gasteiger charge is 2.25. The third kappa shape index (κ3) is 6.07. The van der Waals surface area contributed by atoms with E-state index in [0.717, 1.165) is 0 Å². The second-order valence-corrected chi connectivity index (χ2v) is 7.00. The van der Waals surface area contributed by atoms with Gasteiger partial charge in [0.2, 0.25) is 11.8 Å². The molecule has 0 saturated heterocycles. The van der Waals surface area contributed by atoms with Crippen LogP contribution in [0.3, 0.4) is 0 Å². The molecule has 1 aromatic heterocycles. The summed E-state index contributed by atoms with van der Waals surface area (Å²) in [6.45, 7) is 1.91. The summed E-state index contributed by atoms with van der Waals surface area (Å²) in [6, 6.07) is -1.41. The van der Waals surface area contributed by atoms with Gasteiger partial charge >= 0.3 is 0 Å². The normalized spacial score (nSPS) is 26.4. The third-order valence-corrected chi connectivity index (χ3v) is 4.67. The number of nitrogens with zero attached hydrogens (tertiary/aromatic N) is 2. The van der Waals surface area contributed by atoms with E-state index in [4.69, 9.17) is 0 Å². The van der Waals surface area contributed by atoms with Crippen molar-refractivity contribution in [2.45, 2.75) is 19.0 Å². The van der Waals surface area contributed by atoms with E-state index in [0.29, 0.717) is 0 Å². The molecule has 0 bridgehead atoms. The monoisotopic (exact) mass is 365 g/mol. The second kappa shape index (κ2) is 9.02. The van der Waals surface area contributed by atoms with Crippen LogP contribution >= 0.6 is 0 Å². The summed E-state index contributed by atoms with van der Waals surface area (Å²) < 4.78 is 12.1. The number of carbonyl (C=O) groups excluding carboxylic acids is 3. The van der Waals surface area contributed by atoms with Crippen molar-refractivity contribution in [3.05, 3.63) is 36.4 Å². The van der Waals surface area contributed by atoms with Crippen LogP contribution in [-0.4, -0.2) is 62.0 Å². The number of carbonyl (C=O) groups is 3. The average Bonchev–Trinajstić information content (AvgIpc) is 2.59. The average molecular weight is 365 g/mol. The fourth-order valence-corrected chi connectivity index (χ4v) is 3.16. The molecule has 1 aliphatic heterocycles. The van der Waals surface area contributed by atoms with Gasteiger partial charge in [-0.1, -0.05) is 6.08 Å². The van der Waals surface area contributed by atoms with Crippen molar-refractivity contribution in [2.24, 2.45) is 0 Å². The summed E-state index contributed by atoms with van der Waals surface area (Å²) in [6.07, 6.45) is 6.91. The molecule has 3 N–H and O–H groups in total. The van der Waals surface area contributed by atoms with E-state index < -0.39 is 34.7 Å². The van der Waals surface area contributed by atoms with E-state index in [-0.39, 0.29) is 29.7 Å². The van der Waals surface area contributed by atoms with E-state index in [1.807, 2.05) is 0 Å². The van der Waals surface area contributed by atoms with Crippen LogP contribution in [0.15, 0.2) is 30.7 Å². The van der Waals surface area contributed by atoms with Crippen LogP contribution in [0.25, 0.3) is 0 Å². The molecule has 0 spiro atoms.